The molecule has 84 valence electrons. The zero-order valence-corrected chi connectivity index (χ0v) is 10.7. The predicted molar refractivity (Wildman–Crippen MR) is 65.2 cm³/mol. The molecule has 1 aliphatic rings. The van der Waals surface area contributed by atoms with Crippen LogP contribution in [-0.2, 0) is 6.42 Å². The topological polar surface area (TPSA) is 24.9 Å². The SMILES string of the molecule is CC(C)(C)C1(Cc2cncs2)CCCN1. The summed E-state index contributed by atoms with van der Waals surface area (Å²) in [4.78, 5) is 5.57. The van der Waals surface area contributed by atoms with Gasteiger partial charge < -0.3 is 5.32 Å². The molecule has 0 aromatic carbocycles. The Hall–Kier alpha value is -0.410. The van der Waals surface area contributed by atoms with Crippen molar-refractivity contribution in [1.82, 2.24) is 10.3 Å². The van der Waals surface area contributed by atoms with E-state index in [1.807, 2.05) is 11.7 Å². The van der Waals surface area contributed by atoms with Crippen molar-refractivity contribution in [1.29, 1.82) is 0 Å². The Morgan fingerprint density at radius 3 is 2.80 bits per heavy atom. The molecule has 0 saturated carbocycles. The van der Waals surface area contributed by atoms with E-state index >= 15 is 0 Å². The van der Waals surface area contributed by atoms with E-state index in [1.54, 1.807) is 11.3 Å². The van der Waals surface area contributed by atoms with Crippen LogP contribution < -0.4 is 5.32 Å². The van der Waals surface area contributed by atoms with Crippen LogP contribution in [0.25, 0.3) is 0 Å². The second-order valence-corrected chi connectivity index (χ2v) is 6.48. The molecule has 0 bridgehead atoms. The number of hydrogen-bond donors (Lipinski definition) is 1. The molecule has 2 heterocycles. The van der Waals surface area contributed by atoms with Gasteiger partial charge in [-0.05, 0) is 24.8 Å². The fourth-order valence-electron chi connectivity index (χ4n) is 2.49. The second kappa shape index (κ2) is 3.87. The van der Waals surface area contributed by atoms with Gasteiger partial charge >= 0.3 is 0 Å². The standard InChI is InChI=1S/C12H20N2S/c1-11(2,3)12(5-4-6-14-12)7-10-8-13-9-15-10/h8-9,14H,4-7H2,1-3H3. The van der Waals surface area contributed by atoms with E-state index < -0.39 is 0 Å². The largest absolute Gasteiger partial charge is 0.310 e. The van der Waals surface area contributed by atoms with Gasteiger partial charge in [-0.2, -0.15) is 0 Å². The van der Waals surface area contributed by atoms with Crippen molar-refractivity contribution in [2.75, 3.05) is 6.54 Å². The number of hydrogen-bond acceptors (Lipinski definition) is 3. The van der Waals surface area contributed by atoms with E-state index in [4.69, 9.17) is 0 Å². The highest BCUT2D eigenvalue weighted by atomic mass is 32.1. The van der Waals surface area contributed by atoms with E-state index in [0.29, 0.717) is 5.41 Å². The van der Waals surface area contributed by atoms with Crippen LogP contribution in [-0.4, -0.2) is 17.1 Å². The maximum atomic E-state index is 4.17. The zero-order chi connectivity index (χ0) is 10.9. The molecule has 1 atom stereocenters. The molecule has 1 N–H and O–H groups in total. The summed E-state index contributed by atoms with van der Waals surface area (Å²) in [5, 5.41) is 3.73. The number of nitrogens with one attached hydrogen (secondary N) is 1. The van der Waals surface area contributed by atoms with Gasteiger partial charge in [-0.1, -0.05) is 20.8 Å². The Morgan fingerprint density at radius 2 is 2.33 bits per heavy atom. The van der Waals surface area contributed by atoms with E-state index in [-0.39, 0.29) is 5.54 Å². The Balaban J connectivity index is 2.20. The highest BCUT2D eigenvalue weighted by Crippen LogP contribution is 2.40. The molecular weight excluding hydrogens is 204 g/mol. The smallest absolute Gasteiger partial charge is 0.0794 e. The Morgan fingerprint density at radius 1 is 1.53 bits per heavy atom. The lowest BCUT2D eigenvalue weighted by molar-refractivity contribution is 0.160. The van der Waals surface area contributed by atoms with Crippen molar-refractivity contribution in [2.24, 2.45) is 5.41 Å². The first-order valence-electron chi connectivity index (χ1n) is 5.66. The first-order valence-corrected chi connectivity index (χ1v) is 6.54. The van der Waals surface area contributed by atoms with Gasteiger partial charge in [-0.15, -0.1) is 11.3 Å². The molecule has 0 aliphatic carbocycles. The number of rotatable bonds is 2. The normalized spacial score (nSPS) is 27.1. The van der Waals surface area contributed by atoms with Crippen molar-refractivity contribution in [3.8, 4) is 0 Å². The fourth-order valence-corrected chi connectivity index (χ4v) is 3.20. The predicted octanol–water partition coefficient (Wildman–Crippen LogP) is 2.85. The van der Waals surface area contributed by atoms with Gasteiger partial charge in [0.25, 0.3) is 0 Å². The minimum Gasteiger partial charge on any atom is -0.310 e. The Kier molecular flexibility index (Phi) is 2.86. The quantitative estimate of drug-likeness (QED) is 0.835. The summed E-state index contributed by atoms with van der Waals surface area (Å²) >= 11 is 1.77. The molecule has 1 aliphatic heterocycles. The zero-order valence-electron chi connectivity index (χ0n) is 9.84. The maximum Gasteiger partial charge on any atom is 0.0794 e. The van der Waals surface area contributed by atoms with E-state index in [1.165, 1.54) is 17.7 Å². The average molecular weight is 224 g/mol. The molecule has 1 aromatic heterocycles. The highest BCUT2D eigenvalue weighted by Gasteiger charge is 2.43. The number of aromatic nitrogens is 1. The summed E-state index contributed by atoms with van der Waals surface area (Å²) in [6.45, 7) is 8.18. The van der Waals surface area contributed by atoms with Gasteiger partial charge in [0, 0.05) is 23.0 Å². The third kappa shape index (κ3) is 2.08. The maximum absolute atomic E-state index is 4.17. The van der Waals surface area contributed by atoms with E-state index in [2.05, 4.69) is 31.1 Å². The Labute approximate surface area is 96.1 Å². The van der Waals surface area contributed by atoms with Crippen LogP contribution in [0.3, 0.4) is 0 Å². The lowest BCUT2D eigenvalue weighted by Crippen LogP contribution is -2.52. The molecular formula is C12H20N2S. The molecule has 0 spiro atoms. The first-order chi connectivity index (χ1) is 7.04. The first kappa shape index (κ1) is 11.1. The van der Waals surface area contributed by atoms with Crippen molar-refractivity contribution in [2.45, 2.75) is 45.6 Å². The van der Waals surface area contributed by atoms with Crippen molar-refractivity contribution in [3.05, 3.63) is 16.6 Å². The fraction of sp³-hybridized carbons (Fsp3) is 0.750. The minimum atomic E-state index is 0.277. The van der Waals surface area contributed by atoms with Gasteiger partial charge in [0.1, 0.15) is 0 Å². The molecule has 2 rings (SSSR count). The van der Waals surface area contributed by atoms with Crippen molar-refractivity contribution >= 4 is 11.3 Å². The van der Waals surface area contributed by atoms with Crippen LogP contribution in [0, 0.1) is 5.41 Å². The third-order valence-corrected chi connectivity index (χ3v) is 4.42. The number of nitrogens with zero attached hydrogens (tertiary/aromatic N) is 1. The average Bonchev–Trinajstić information content (AvgIpc) is 2.74. The summed E-state index contributed by atoms with van der Waals surface area (Å²) < 4.78 is 0. The monoisotopic (exact) mass is 224 g/mol. The number of thiazole rings is 1. The van der Waals surface area contributed by atoms with Crippen LogP contribution in [0.15, 0.2) is 11.7 Å². The highest BCUT2D eigenvalue weighted by molar-refractivity contribution is 7.09. The van der Waals surface area contributed by atoms with Gasteiger partial charge in [0.05, 0.1) is 5.51 Å². The molecule has 1 aromatic rings. The summed E-state index contributed by atoms with van der Waals surface area (Å²) in [7, 11) is 0. The van der Waals surface area contributed by atoms with Gasteiger partial charge in [0.15, 0.2) is 0 Å². The summed E-state index contributed by atoms with van der Waals surface area (Å²) in [5.41, 5.74) is 2.52. The molecule has 1 saturated heterocycles. The molecule has 2 nitrogen and oxygen atoms in total. The van der Waals surface area contributed by atoms with Gasteiger partial charge in [-0.25, -0.2) is 0 Å². The third-order valence-electron chi connectivity index (χ3n) is 3.64. The van der Waals surface area contributed by atoms with Crippen LogP contribution in [0.5, 0.6) is 0 Å². The Bertz CT molecular complexity index is 305. The molecule has 0 amide bonds. The van der Waals surface area contributed by atoms with E-state index in [0.717, 1.165) is 13.0 Å². The molecule has 1 fully saturated rings. The summed E-state index contributed by atoms with van der Waals surface area (Å²) in [5.74, 6) is 0. The van der Waals surface area contributed by atoms with Crippen LogP contribution in [0.1, 0.15) is 38.5 Å². The van der Waals surface area contributed by atoms with Crippen LogP contribution in [0.2, 0.25) is 0 Å². The molecule has 1 unspecified atom stereocenters. The van der Waals surface area contributed by atoms with Gasteiger partial charge in [-0.3, -0.25) is 4.98 Å². The lowest BCUT2D eigenvalue weighted by atomic mass is 9.70. The molecule has 3 heteroatoms. The van der Waals surface area contributed by atoms with Crippen LogP contribution in [0.4, 0.5) is 0 Å². The summed E-state index contributed by atoms with van der Waals surface area (Å²) in [6, 6.07) is 0. The van der Waals surface area contributed by atoms with Crippen molar-refractivity contribution in [3.63, 3.8) is 0 Å². The lowest BCUT2D eigenvalue weighted by Gasteiger charge is -2.42. The van der Waals surface area contributed by atoms with Crippen molar-refractivity contribution < 1.29 is 0 Å². The minimum absolute atomic E-state index is 0.277. The molecule has 15 heavy (non-hydrogen) atoms. The van der Waals surface area contributed by atoms with Crippen LogP contribution >= 0.6 is 11.3 Å². The second-order valence-electron chi connectivity index (χ2n) is 5.51. The van der Waals surface area contributed by atoms with Gasteiger partial charge in [0.2, 0.25) is 0 Å². The summed E-state index contributed by atoms with van der Waals surface area (Å²) in [6.07, 6.45) is 5.73. The van der Waals surface area contributed by atoms with E-state index in [9.17, 15) is 0 Å². The molecule has 0 radical (unpaired) electrons.